The van der Waals surface area contributed by atoms with Gasteiger partial charge in [-0.2, -0.15) is 0 Å². The van der Waals surface area contributed by atoms with Crippen molar-refractivity contribution in [2.45, 2.75) is 20.4 Å². The maximum absolute atomic E-state index is 11.8. The number of aryl methyl sites for hydroxylation is 1. The predicted molar refractivity (Wildman–Crippen MR) is 117 cm³/mol. The van der Waals surface area contributed by atoms with Gasteiger partial charge in [0.25, 0.3) is 0 Å². The number of guanidine groups is 1. The minimum absolute atomic E-state index is 0. The number of rotatable bonds is 6. The van der Waals surface area contributed by atoms with E-state index in [9.17, 15) is 4.79 Å². The van der Waals surface area contributed by atoms with Gasteiger partial charge < -0.3 is 20.0 Å². The van der Waals surface area contributed by atoms with Crippen LogP contribution in [0.5, 0.6) is 0 Å². The summed E-state index contributed by atoms with van der Waals surface area (Å²) < 4.78 is 5.90. The molecular formula is C19H27IN4O2. The van der Waals surface area contributed by atoms with E-state index in [4.69, 9.17) is 4.42 Å². The van der Waals surface area contributed by atoms with Gasteiger partial charge >= 0.3 is 0 Å². The number of nitrogens with zero attached hydrogens (tertiary/aromatic N) is 2. The molecule has 1 aromatic carbocycles. The Morgan fingerprint density at radius 2 is 1.96 bits per heavy atom. The molecule has 2 N–H and O–H groups in total. The molecule has 0 fully saturated rings. The summed E-state index contributed by atoms with van der Waals surface area (Å²) in [5.41, 5.74) is 2.95. The molecule has 0 saturated carbocycles. The van der Waals surface area contributed by atoms with Crippen LogP contribution in [-0.2, 0) is 11.3 Å². The van der Waals surface area contributed by atoms with Crippen molar-refractivity contribution in [2.75, 3.05) is 27.2 Å². The monoisotopic (exact) mass is 470 g/mol. The minimum Gasteiger partial charge on any atom is -0.459 e. The van der Waals surface area contributed by atoms with Gasteiger partial charge in [0, 0.05) is 31.6 Å². The standard InChI is InChI=1S/C19H26N4O2.HI/c1-13(2)10-20-19(22-12-18(24)23(4)5)21-11-17-14(3)15-8-6-7-9-16(15)25-17;/h6-9H,1,10-12H2,2-5H3,(H2,20,21,22);1H. The number of hydrogen-bond donors (Lipinski definition) is 2. The van der Waals surface area contributed by atoms with Gasteiger partial charge in [0.1, 0.15) is 17.9 Å². The zero-order chi connectivity index (χ0) is 18.4. The number of likely N-dealkylation sites (N-methyl/N-ethyl adjacent to an activating group) is 1. The molecule has 26 heavy (non-hydrogen) atoms. The van der Waals surface area contributed by atoms with Gasteiger partial charge in [-0.1, -0.05) is 30.4 Å². The SMILES string of the molecule is C=C(C)CNC(=NCC(=O)N(C)C)NCc1oc2ccccc2c1C.I. The van der Waals surface area contributed by atoms with Crippen molar-refractivity contribution in [3.8, 4) is 0 Å². The summed E-state index contributed by atoms with van der Waals surface area (Å²) in [5.74, 6) is 1.35. The predicted octanol–water partition coefficient (Wildman–Crippen LogP) is 3.06. The maximum atomic E-state index is 11.8. The number of para-hydroxylation sites is 1. The van der Waals surface area contributed by atoms with Crippen molar-refractivity contribution >= 4 is 46.8 Å². The summed E-state index contributed by atoms with van der Waals surface area (Å²) in [4.78, 5) is 17.6. The summed E-state index contributed by atoms with van der Waals surface area (Å²) in [6, 6.07) is 7.95. The molecule has 142 valence electrons. The number of carbonyl (C=O) groups excluding carboxylic acids is 1. The Kier molecular flexibility index (Phi) is 8.64. The van der Waals surface area contributed by atoms with Gasteiger partial charge in [-0.3, -0.25) is 4.79 Å². The minimum atomic E-state index is -0.0589. The first kappa shape index (κ1) is 22.0. The van der Waals surface area contributed by atoms with Crippen LogP contribution in [0.3, 0.4) is 0 Å². The zero-order valence-electron chi connectivity index (χ0n) is 15.8. The third-order valence-corrected chi connectivity index (χ3v) is 3.79. The Balaban J connectivity index is 0.00000338. The summed E-state index contributed by atoms with van der Waals surface area (Å²) in [5, 5.41) is 7.49. The van der Waals surface area contributed by atoms with Crippen LogP contribution in [0, 0.1) is 6.92 Å². The highest BCUT2D eigenvalue weighted by Gasteiger charge is 2.11. The van der Waals surface area contributed by atoms with E-state index < -0.39 is 0 Å². The van der Waals surface area contributed by atoms with Crippen LogP contribution >= 0.6 is 24.0 Å². The topological polar surface area (TPSA) is 69.9 Å². The molecule has 1 amide bonds. The lowest BCUT2D eigenvalue weighted by atomic mass is 10.1. The molecule has 1 aromatic heterocycles. The lowest BCUT2D eigenvalue weighted by molar-refractivity contribution is -0.127. The lowest BCUT2D eigenvalue weighted by Crippen LogP contribution is -2.38. The summed E-state index contributed by atoms with van der Waals surface area (Å²) in [6.07, 6.45) is 0. The average Bonchev–Trinajstić information content (AvgIpc) is 2.90. The van der Waals surface area contributed by atoms with Crippen LogP contribution in [0.4, 0.5) is 0 Å². The second-order valence-corrected chi connectivity index (χ2v) is 6.26. The molecule has 2 aromatic rings. The van der Waals surface area contributed by atoms with E-state index in [0.717, 1.165) is 27.9 Å². The van der Waals surface area contributed by atoms with Crippen LogP contribution in [0.15, 0.2) is 45.8 Å². The smallest absolute Gasteiger partial charge is 0.243 e. The Labute approximate surface area is 171 Å². The molecule has 0 radical (unpaired) electrons. The Morgan fingerprint density at radius 1 is 1.27 bits per heavy atom. The van der Waals surface area contributed by atoms with Crippen LogP contribution < -0.4 is 10.6 Å². The molecular weight excluding hydrogens is 443 g/mol. The van der Waals surface area contributed by atoms with Crippen LogP contribution in [0.1, 0.15) is 18.2 Å². The van der Waals surface area contributed by atoms with Crippen LogP contribution in [0.2, 0.25) is 0 Å². The molecule has 0 aliphatic heterocycles. The molecule has 0 atom stereocenters. The first-order valence-corrected chi connectivity index (χ1v) is 8.22. The molecule has 0 aliphatic carbocycles. The van der Waals surface area contributed by atoms with Gasteiger partial charge in [-0.15, -0.1) is 24.0 Å². The Hall–Kier alpha value is -2.03. The lowest BCUT2D eigenvalue weighted by Gasteiger charge is -2.13. The Morgan fingerprint density at radius 3 is 2.58 bits per heavy atom. The van der Waals surface area contributed by atoms with Crippen molar-refractivity contribution in [3.05, 3.63) is 47.7 Å². The van der Waals surface area contributed by atoms with Crippen LogP contribution in [0.25, 0.3) is 11.0 Å². The fourth-order valence-corrected chi connectivity index (χ4v) is 2.25. The van der Waals surface area contributed by atoms with E-state index in [2.05, 4.69) is 22.2 Å². The average molecular weight is 470 g/mol. The van der Waals surface area contributed by atoms with Crippen molar-refractivity contribution < 1.29 is 9.21 Å². The van der Waals surface area contributed by atoms with Crippen molar-refractivity contribution in [2.24, 2.45) is 4.99 Å². The van der Waals surface area contributed by atoms with Gasteiger partial charge in [-0.05, 0) is 19.9 Å². The fraction of sp³-hybridized carbons (Fsp3) is 0.368. The van der Waals surface area contributed by atoms with Gasteiger partial charge in [0.2, 0.25) is 5.91 Å². The number of carbonyl (C=O) groups is 1. The molecule has 7 heteroatoms. The normalized spacial score (nSPS) is 11.0. The quantitative estimate of drug-likeness (QED) is 0.295. The maximum Gasteiger partial charge on any atom is 0.243 e. The van der Waals surface area contributed by atoms with E-state index >= 15 is 0 Å². The molecule has 0 spiro atoms. The van der Waals surface area contributed by atoms with Gasteiger partial charge in [-0.25, -0.2) is 4.99 Å². The van der Waals surface area contributed by atoms with E-state index in [1.165, 1.54) is 4.90 Å². The summed E-state index contributed by atoms with van der Waals surface area (Å²) in [6.45, 7) is 8.99. The van der Waals surface area contributed by atoms with Crippen molar-refractivity contribution in [1.82, 2.24) is 15.5 Å². The highest BCUT2D eigenvalue weighted by molar-refractivity contribution is 14.0. The van der Waals surface area contributed by atoms with Crippen molar-refractivity contribution in [1.29, 1.82) is 0 Å². The third kappa shape index (κ3) is 6.05. The number of fused-ring (bicyclic) bond motifs is 1. The number of furan rings is 1. The van der Waals surface area contributed by atoms with E-state index in [1.54, 1.807) is 14.1 Å². The molecule has 0 unspecified atom stereocenters. The zero-order valence-corrected chi connectivity index (χ0v) is 18.1. The second-order valence-electron chi connectivity index (χ2n) is 6.26. The number of hydrogen-bond acceptors (Lipinski definition) is 3. The summed E-state index contributed by atoms with van der Waals surface area (Å²) in [7, 11) is 3.42. The highest BCUT2D eigenvalue weighted by Crippen LogP contribution is 2.24. The number of nitrogens with one attached hydrogen (secondary N) is 2. The van der Waals surface area contributed by atoms with E-state index in [0.29, 0.717) is 19.0 Å². The fourth-order valence-electron chi connectivity index (χ4n) is 2.25. The molecule has 0 aliphatic rings. The number of benzene rings is 1. The largest absolute Gasteiger partial charge is 0.459 e. The molecule has 2 rings (SSSR count). The summed E-state index contributed by atoms with van der Waals surface area (Å²) >= 11 is 0. The van der Waals surface area contributed by atoms with Crippen molar-refractivity contribution in [3.63, 3.8) is 0 Å². The van der Waals surface area contributed by atoms with Gasteiger partial charge in [0.05, 0.1) is 6.54 Å². The van der Waals surface area contributed by atoms with Gasteiger partial charge in [0.15, 0.2) is 5.96 Å². The van der Waals surface area contributed by atoms with E-state index in [-0.39, 0.29) is 36.4 Å². The van der Waals surface area contributed by atoms with Crippen LogP contribution in [-0.4, -0.2) is 44.0 Å². The second kappa shape index (κ2) is 10.2. The highest BCUT2D eigenvalue weighted by atomic mass is 127. The number of halogens is 1. The molecule has 1 heterocycles. The Bertz CT molecular complexity index is 796. The first-order valence-electron chi connectivity index (χ1n) is 8.22. The molecule has 0 bridgehead atoms. The molecule has 0 saturated heterocycles. The number of aliphatic imine (C=N–C) groups is 1. The third-order valence-electron chi connectivity index (χ3n) is 3.79. The molecule has 6 nitrogen and oxygen atoms in total. The first-order chi connectivity index (χ1) is 11.9. The van der Waals surface area contributed by atoms with E-state index in [1.807, 2.05) is 38.1 Å². The number of amides is 1.